The minimum atomic E-state index is -1.05. The number of hydrogen-bond acceptors (Lipinski definition) is 3. The van der Waals surface area contributed by atoms with Crippen LogP contribution >= 0.6 is 0 Å². The highest BCUT2D eigenvalue weighted by Gasteiger charge is 2.32. The number of nitrogens with one attached hydrogen (secondary N) is 1. The Hall–Kier alpha value is -1.86. The van der Waals surface area contributed by atoms with Gasteiger partial charge in [-0.25, -0.2) is 0 Å². The predicted molar refractivity (Wildman–Crippen MR) is 68.4 cm³/mol. The van der Waals surface area contributed by atoms with Crippen molar-refractivity contribution in [3.8, 4) is 6.07 Å². The molecule has 4 heteroatoms. The summed E-state index contributed by atoms with van der Waals surface area (Å²) in [6.07, 6.45) is 0.433. The molecule has 0 aromatic heterocycles. The van der Waals surface area contributed by atoms with Crippen molar-refractivity contribution in [1.29, 1.82) is 5.26 Å². The topological polar surface area (TPSA) is 73.1 Å². The van der Waals surface area contributed by atoms with Crippen molar-refractivity contribution in [3.63, 3.8) is 0 Å². The van der Waals surface area contributed by atoms with E-state index in [0.717, 1.165) is 5.56 Å². The lowest BCUT2D eigenvalue weighted by Crippen LogP contribution is -2.40. The third kappa shape index (κ3) is 3.08. The Balaban J connectivity index is 2.83. The zero-order chi connectivity index (χ0) is 13.6. The Morgan fingerprint density at radius 2 is 2.11 bits per heavy atom. The third-order valence-electron chi connectivity index (χ3n) is 3.14. The van der Waals surface area contributed by atoms with Crippen molar-refractivity contribution in [2.75, 3.05) is 6.61 Å². The quantitative estimate of drug-likeness (QED) is 0.831. The average molecular weight is 246 g/mol. The van der Waals surface area contributed by atoms with E-state index in [9.17, 15) is 9.90 Å². The van der Waals surface area contributed by atoms with Crippen LogP contribution in [0.2, 0.25) is 0 Å². The first-order valence-electron chi connectivity index (χ1n) is 5.95. The van der Waals surface area contributed by atoms with Gasteiger partial charge in [0.05, 0.1) is 18.7 Å². The molecule has 2 atom stereocenters. The predicted octanol–water partition coefficient (Wildman–Crippen LogP) is 1.78. The van der Waals surface area contributed by atoms with Crippen LogP contribution in [0.1, 0.15) is 31.9 Å². The molecule has 0 aliphatic carbocycles. The lowest BCUT2D eigenvalue weighted by molar-refractivity contribution is -0.128. The summed E-state index contributed by atoms with van der Waals surface area (Å²) in [5.74, 6) is -0.351. The fraction of sp³-hybridized carbons (Fsp3) is 0.429. The molecule has 0 aliphatic rings. The number of benzene rings is 1. The van der Waals surface area contributed by atoms with Gasteiger partial charge in [0, 0.05) is 0 Å². The summed E-state index contributed by atoms with van der Waals surface area (Å²) in [7, 11) is 0. The molecule has 96 valence electrons. The molecule has 1 rings (SSSR count). The third-order valence-corrected chi connectivity index (χ3v) is 3.14. The smallest absolute Gasteiger partial charge is 0.240 e. The molecule has 2 N–H and O–H groups in total. The minimum Gasteiger partial charge on any atom is -0.394 e. The summed E-state index contributed by atoms with van der Waals surface area (Å²) in [5.41, 5.74) is -0.230. The Kier molecular flexibility index (Phi) is 4.87. The molecule has 0 radical (unpaired) electrons. The molecule has 0 saturated heterocycles. The van der Waals surface area contributed by atoms with Crippen LogP contribution < -0.4 is 5.32 Å². The molecule has 1 aromatic carbocycles. The number of hydrogen-bond donors (Lipinski definition) is 2. The van der Waals surface area contributed by atoms with E-state index >= 15 is 0 Å². The molecule has 4 nitrogen and oxygen atoms in total. The van der Waals surface area contributed by atoms with Gasteiger partial charge in [-0.15, -0.1) is 0 Å². The lowest BCUT2D eigenvalue weighted by Gasteiger charge is -2.23. The Labute approximate surface area is 107 Å². The molecule has 1 unspecified atom stereocenters. The van der Waals surface area contributed by atoms with Crippen molar-refractivity contribution >= 4 is 5.91 Å². The SMILES string of the molecule is CCC(C)(C#N)C(=O)N[C@H](CO)c1ccccc1. The standard InChI is InChI=1S/C14H18N2O2/c1-3-14(2,10-15)13(18)16-12(9-17)11-7-5-4-6-8-11/h4-8,12,17H,3,9H2,1-2H3,(H,16,18)/t12-,14?/m1/s1. The average Bonchev–Trinajstić information content (AvgIpc) is 2.44. The molecule has 1 amide bonds. The molecule has 0 bridgehead atoms. The fourth-order valence-electron chi connectivity index (χ4n) is 1.53. The summed E-state index contributed by atoms with van der Waals surface area (Å²) in [6.45, 7) is 3.20. The lowest BCUT2D eigenvalue weighted by atomic mass is 9.88. The highest BCUT2D eigenvalue weighted by Crippen LogP contribution is 2.22. The summed E-state index contributed by atoms with van der Waals surface area (Å²) in [4.78, 5) is 12.0. The van der Waals surface area contributed by atoms with Gasteiger partial charge >= 0.3 is 0 Å². The summed E-state index contributed by atoms with van der Waals surface area (Å²) in [6, 6.07) is 10.7. The van der Waals surface area contributed by atoms with E-state index in [1.165, 1.54) is 0 Å². The van der Waals surface area contributed by atoms with Gasteiger partial charge in [0.1, 0.15) is 5.41 Å². The molecule has 1 aromatic rings. The second-order valence-electron chi connectivity index (χ2n) is 4.42. The van der Waals surface area contributed by atoms with E-state index in [1.807, 2.05) is 36.4 Å². The first-order valence-corrected chi connectivity index (χ1v) is 5.95. The number of rotatable bonds is 5. The van der Waals surface area contributed by atoms with Crippen LogP contribution in [0.4, 0.5) is 0 Å². The Morgan fingerprint density at radius 1 is 1.50 bits per heavy atom. The van der Waals surface area contributed by atoms with E-state index in [-0.39, 0.29) is 12.5 Å². The largest absolute Gasteiger partial charge is 0.394 e. The van der Waals surface area contributed by atoms with Crippen molar-refractivity contribution in [3.05, 3.63) is 35.9 Å². The number of nitrogens with zero attached hydrogens (tertiary/aromatic N) is 1. The van der Waals surface area contributed by atoms with Crippen molar-refractivity contribution in [2.24, 2.45) is 5.41 Å². The summed E-state index contributed by atoms with van der Waals surface area (Å²) >= 11 is 0. The van der Waals surface area contributed by atoms with Crippen LogP contribution in [0.15, 0.2) is 30.3 Å². The van der Waals surface area contributed by atoms with Crippen LogP contribution in [-0.4, -0.2) is 17.6 Å². The van der Waals surface area contributed by atoms with Crippen LogP contribution in [-0.2, 0) is 4.79 Å². The Morgan fingerprint density at radius 3 is 2.56 bits per heavy atom. The number of aliphatic hydroxyl groups excluding tert-OH is 1. The van der Waals surface area contributed by atoms with Gasteiger partial charge in [-0.1, -0.05) is 37.3 Å². The fourth-order valence-corrected chi connectivity index (χ4v) is 1.53. The number of amides is 1. The van der Waals surface area contributed by atoms with Crippen molar-refractivity contribution in [2.45, 2.75) is 26.3 Å². The summed E-state index contributed by atoms with van der Waals surface area (Å²) < 4.78 is 0. The second kappa shape index (κ2) is 6.18. The van der Waals surface area contributed by atoms with Crippen molar-refractivity contribution < 1.29 is 9.90 Å². The number of carbonyl (C=O) groups is 1. The van der Waals surface area contributed by atoms with Gasteiger partial charge in [0.15, 0.2) is 0 Å². The monoisotopic (exact) mass is 246 g/mol. The van der Waals surface area contributed by atoms with Crippen molar-refractivity contribution in [1.82, 2.24) is 5.32 Å². The zero-order valence-electron chi connectivity index (χ0n) is 10.7. The van der Waals surface area contributed by atoms with Crippen LogP contribution in [0.5, 0.6) is 0 Å². The van der Waals surface area contributed by atoms with E-state index in [4.69, 9.17) is 5.26 Å². The molecule has 0 spiro atoms. The Bertz CT molecular complexity index is 439. The molecule has 18 heavy (non-hydrogen) atoms. The van der Waals surface area contributed by atoms with Crippen LogP contribution in [0.25, 0.3) is 0 Å². The molecular formula is C14H18N2O2. The summed E-state index contributed by atoms with van der Waals surface area (Å²) in [5, 5.41) is 21.1. The first kappa shape index (κ1) is 14.2. The molecule has 0 aliphatic heterocycles. The van der Waals surface area contributed by atoms with Gasteiger partial charge in [-0.05, 0) is 18.9 Å². The first-order chi connectivity index (χ1) is 8.57. The van der Waals surface area contributed by atoms with E-state index in [2.05, 4.69) is 5.32 Å². The number of carbonyl (C=O) groups excluding carboxylic acids is 1. The molecule has 0 saturated carbocycles. The second-order valence-corrected chi connectivity index (χ2v) is 4.42. The van der Waals surface area contributed by atoms with E-state index in [0.29, 0.717) is 6.42 Å². The molecule has 0 heterocycles. The van der Waals surface area contributed by atoms with Crippen LogP contribution in [0, 0.1) is 16.7 Å². The molecular weight excluding hydrogens is 228 g/mol. The maximum Gasteiger partial charge on any atom is 0.240 e. The van der Waals surface area contributed by atoms with Gasteiger partial charge in [0.25, 0.3) is 0 Å². The van der Waals surface area contributed by atoms with Gasteiger partial charge in [-0.2, -0.15) is 5.26 Å². The minimum absolute atomic E-state index is 0.193. The zero-order valence-corrected chi connectivity index (χ0v) is 10.7. The van der Waals surface area contributed by atoms with Gasteiger partial charge < -0.3 is 10.4 Å². The maximum atomic E-state index is 12.0. The highest BCUT2D eigenvalue weighted by atomic mass is 16.3. The van der Waals surface area contributed by atoms with Gasteiger partial charge in [-0.3, -0.25) is 4.79 Å². The number of aliphatic hydroxyl groups is 1. The maximum absolute atomic E-state index is 12.0. The van der Waals surface area contributed by atoms with Gasteiger partial charge in [0.2, 0.25) is 5.91 Å². The number of nitriles is 1. The highest BCUT2D eigenvalue weighted by molar-refractivity contribution is 5.85. The normalized spacial score (nSPS) is 15.2. The molecule has 0 fully saturated rings. The van der Waals surface area contributed by atoms with E-state index in [1.54, 1.807) is 13.8 Å². The van der Waals surface area contributed by atoms with Crippen LogP contribution in [0.3, 0.4) is 0 Å². The van der Waals surface area contributed by atoms with E-state index < -0.39 is 11.5 Å².